The minimum Gasteiger partial charge on any atom is -0.495 e. The van der Waals surface area contributed by atoms with Gasteiger partial charge in [-0.3, -0.25) is 0 Å². The van der Waals surface area contributed by atoms with Crippen LogP contribution in [-0.2, 0) is 4.74 Å². The Hall–Kier alpha value is -3.39. The first kappa shape index (κ1) is 18.9. The Morgan fingerprint density at radius 3 is 2.69 bits per heavy atom. The fourth-order valence-corrected chi connectivity index (χ4v) is 3.25. The summed E-state index contributed by atoms with van der Waals surface area (Å²) in [6, 6.07) is 14.0. The highest BCUT2D eigenvalue weighted by molar-refractivity contribution is 5.74. The van der Waals surface area contributed by atoms with Crippen molar-refractivity contribution >= 4 is 28.8 Å². The molecule has 150 valence electrons. The molecule has 0 radical (unpaired) electrons. The van der Waals surface area contributed by atoms with Crippen molar-refractivity contribution in [2.75, 3.05) is 48.9 Å². The lowest BCUT2D eigenvalue weighted by atomic mass is 10.2. The Morgan fingerprint density at radius 1 is 1.03 bits per heavy atom. The standard InChI is InChI=1S/C21H24N6O2/c1-15-7-8-19(28-2)17(13-15)23-20-14-22-26-21(25-20)24-16-5-3-4-6-18(16)27-9-11-29-12-10-27/h3-8,13-14H,9-12H2,1-2H3,(H2,23,24,25,26). The number of anilines is 5. The highest BCUT2D eigenvalue weighted by atomic mass is 16.5. The molecular weight excluding hydrogens is 368 g/mol. The Bertz CT molecular complexity index is 975. The Morgan fingerprint density at radius 2 is 1.86 bits per heavy atom. The van der Waals surface area contributed by atoms with Crippen molar-refractivity contribution in [2.24, 2.45) is 0 Å². The van der Waals surface area contributed by atoms with E-state index in [-0.39, 0.29) is 0 Å². The van der Waals surface area contributed by atoms with E-state index in [1.165, 1.54) is 0 Å². The molecule has 3 aromatic rings. The molecule has 8 nitrogen and oxygen atoms in total. The van der Waals surface area contributed by atoms with Crippen LogP contribution < -0.4 is 20.3 Å². The van der Waals surface area contributed by atoms with Gasteiger partial charge in [-0.1, -0.05) is 18.2 Å². The summed E-state index contributed by atoms with van der Waals surface area (Å²) in [5, 5.41) is 14.8. The second-order valence-electron chi connectivity index (χ2n) is 6.74. The smallest absolute Gasteiger partial charge is 0.249 e. The van der Waals surface area contributed by atoms with E-state index in [9.17, 15) is 0 Å². The third kappa shape index (κ3) is 4.55. The number of ether oxygens (including phenoxy) is 2. The molecule has 8 heteroatoms. The largest absolute Gasteiger partial charge is 0.495 e. The van der Waals surface area contributed by atoms with Crippen molar-refractivity contribution < 1.29 is 9.47 Å². The molecule has 4 rings (SSSR count). The molecule has 0 atom stereocenters. The van der Waals surface area contributed by atoms with Crippen LogP contribution in [0.1, 0.15) is 5.56 Å². The maximum Gasteiger partial charge on any atom is 0.249 e. The van der Waals surface area contributed by atoms with Gasteiger partial charge < -0.3 is 25.0 Å². The molecule has 1 saturated heterocycles. The summed E-state index contributed by atoms with van der Waals surface area (Å²) in [5.74, 6) is 1.74. The minimum atomic E-state index is 0.419. The third-order valence-corrected chi connectivity index (χ3v) is 4.68. The SMILES string of the molecule is COc1ccc(C)cc1Nc1cnnc(Nc2ccccc2N2CCOCC2)n1. The lowest BCUT2D eigenvalue weighted by Crippen LogP contribution is -2.36. The number of aryl methyl sites for hydroxylation is 1. The molecule has 0 aliphatic carbocycles. The van der Waals surface area contributed by atoms with Gasteiger partial charge in [-0.2, -0.15) is 10.1 Å². The Balaban J connectivity index is 1.55. The summed E-state index contributed by atoms with van der Waals surface area (Å²) < 4.78 is 10.9. The maximum atomic E-state index is 5.46. The first-order valence-corrected chi connectivity index (χ1v) is 9.53. The molecule has 1 fully saturated rings. The van der Waals surface area contributed by atoms with E-state index in [2.05, 4.69) is 36.8 Å². The van der Waals surface area contributed by atoms with Gasteiger partial charge in [-0.15, -0.1) is 5.10 Å². The average molecular weight is 392 g/mol. The van der Waals surface area contributed by atoms with E-state index in [1.807, 2.05) is 43.3 Å². The van der Waals surface area contributed by atoms with Gasteiger partial charge in [0.25, 0.3) is 0 Å². The zero-order valence-corrected chi connectivity index (χ0v) is 16.6. The average Bonchev–Trinajstić information content (AvgIpc) is 2.75. The highest BCUT2D eigenvalue weighted by Gasteiger charge is 2.15. The molecule has 0 amide bonds. The van der Waals surface area contributed by atoms with Crippen LogP contribution in [0, 0.1) is 6.92 Å². The van der Waals surface area contributed by atoms with Gasteiger partial charge in [0.2, 0.25) is 5.95 Å². The number of rotatable bonds is 6. The number of methoxy groups -OCH3 is 1. The van der Waals surface area contributed by atoms with Crippen LogP contribution in [-0.4, -0.2) is 48.6 Å². The number of benzene rings is 2. The molecule has 1 aliphatic rings. The lowest BCUT2D eigenvalue weighted by Gasteiger charge is -2.30. The van der Waals surface area contributed by atoms with Crippen molar-refractivity contribution in [1.29, 1.82) is 0 Å². The first-order chi connectivity index (χ1) is 14.2. The van der Waals surface area contributed by atoms with E-state index in [4.69, 9.17) is 9.47 Å². The van der Waals surface area contributed by atoms with Crippen LogP contribution >= 0.6 is 0 Å². The van der Waals surface area contributed by atoms with Gasteiger partial charge in [0, 0.05) is 13.1 Å². The molecular formula is C21H24N6O2. The third-order valence-electron chi connectivity index (χ3n) is 4.68. The summed E-state index contributed by atoms with van der Waals surface area (Å²) in [6.45, 7) is 5.19. The number of morpholine rings is 1. The summed E-state index contributed by atoms with van der Waals surface area (Å²) in [7, 11) is 1.64. The number of hydrogen-bond donors (Lipinski definition) is 2. The predicted octanol–water partition coefficient (Wildman–Crippen LogP) is 3.51. The van der Waals surface area contributed by atoms with E-state index in [0.717, 1.165) is 54.7 Å². The van der Waals surface area contributed by atoms with Crippen LogP contribution in [0.25, 0.3) is 0 Å². The number of aromatic nitrogens is 3. The molecule has 0 saturated carbocycles. The van der Waals surface area contributed by atoms with Crippen molar-refractivity contribution in [3.8, 4) is 5.75 Å². The molecule has 1 aliphatic heterocycles. The number of para-hydroxylation sites is 2. The molecule has 29 heavy (non-hydrogen) atoms. The summed E-state index contributed by atoms with van der Waals surface area (Å²) in [5.41, 5.74) is 3.97. The zero-order chi connectivity index (χ0) is 20.1. The monoisotopic (exact) mass is 392 g/mol. The van der Waals surface area contributed by atoms with E-state index in [1.54, 1.807) is 13.3 Å². The molecule has 2 N–H and O–H groups in total. The van der Waals surface area contributed by atoms with E-state index >= 15 is 0 Å². The fourth-order valence-electron chi connectivity index (χ4n) is 3.25. The highest BCUT2D eigenvalue weighted by Crippen LogP contribution is 2.30. The van der Waals surface area contributed by atoms with Gasteiger partial charge in [0.15, 0.2) is 5.82 Å². The van der Waals surface area contributed by atoms with Crippen LogP contribution in [0.3, 0.4) is 0 Å². The van der Waals surface area contributed by atoms with Gasteiger partial charge in [-0.25, -0.2) is 0 Å². The Labute approximate surface area is 169 Å². The molecule has 2 heterocycles. The molecule has 0 bridgehead atoms. The van der Waals surface area contributed by atoms with E-state index in [0.29, 0.717) is 11.8 Å². The van der Waals surface area contributed by atoms with Crippen molar-refractivity contribution in [3.63, 3.8) is 0 Å². The molecule has 1 aromatic heterocycles. The Kier molecular flexibility index (Phi) is 5.71. The second-order valence-corrected chi connectivity index (χ2v) is 6.74. The van der Waals surface area contributed by atoms with Crippen LogP contribution in [0.4, 0.5) is 28.8 Å². The maximum absolute atomic E-state index is 5.46. The van der Waals surface area contributed by atoms with E-state index < -0.39 is 0 Å². The minimum absolute atomic E-state index is 0.419. The lowest BCUT2D eigenvalue weighted by molar-refractivity contribution is 0.123. The molecule has 2 aromatic carbocycles. The molecule has 0 unspecified atom stereocenters. The number of hydrogen-bond acceptors (Lipinski definition) is 8. The van der Waals surface area contributed by atoms with Crippen LogP contribution in [0.15, 0.2) is 48.7 Å². The number of nitrogens with zero attached hydrogens (tertiary/aromatic N) is 4. The molecule has 0 spiro atoms. The summed E-state index contributed by atoms with van der Waals surface area (Å²) in [6.07, 6.45) is 1.58. The quantitative estimate of drug-likeness (QED) is 0.659. The van der Waals surface area contributed by atoms with Gasteiger partial charge in [-0.05, 0) is 36.8 Å². The van der Waals surface area contributed by atoms with Gasteiger partial charge in [0.1, 0.15) is 5.75 Å². The summed E-state index contributed by atoms with van der Waals surface area (Å²) in [4.78, 5) is 6.85. The normalized spacial score (nSPS) is 13.8. The van der Waals surface area contributed by atoms with Gasteiger partial charge in [0.05, 0.1) is 43.6 Å². The van der Waals surface area contributed by atoms with Crippen molar-refractivity contribution in [3.05, 3.63) is 54.2 Å². The number of nitrogens with one attached hydrogen (secondary N) is 2. The van der Waals surface area contributed by atoms with Crippen LogP contribution in [0.5, 0.6) is 5.75 Å². The fraction of sp³-hybridized carbons (Fsp3) is 0.286. The van der Waals surface area contributed by atoms with Gasteiger partial charge >= 0.3 is 0 Å². The van der Waals surface area contributed by atoms with Crippen LogP contribution in [0.2, 0.25) is 0 Å². The second kappa shape index (κ2) is 8.74. The first-order valence-electron chi connectivity index (χ1n) is 9.53. The predicted molar refractivity (Wildman–Crippen MR) is 114 cm³/mol. The van der Waals surface area contributed by atoms with Crippen molar-refractivity contribution in [2.45, 2.75) is 6.92 Å². The topological polar surface area (TPSA) is 84.4 Å². The van der Waals surface area contributed by atoms with Crippen molar-refractivity contribution in [1.82, 2.24) is 15.2 Å². The summed E-state index contributed by atoms with van der Waals surface area (Å²) >= 11 is 0. The zero-order valence-electron chi connectivity index (χ0n) is 16.6.